The fourth-order valence-corrected chi connectivity index (χ4v) is 2.33. The average Bonchev–Trinajstić information content (AvgIpc) is 2.32. The molecule has 1 aliphatic rings. The summed E-state index contributed by atoms with van der Waals surface area (Å²) < 4.78 is 5.98. The number of ether oxygens (including phenoxy) is 1. The van der Waals surface area contributed by atoms with Gasteiger partial charge in [0.05, 0.1) is 0 Å². The van der Waals surface area contributed by atoms with Gasteiger partial charge in [-0.15, -0.1) is 0 Å². The minimum absolute atomic E-state index is 0.309. The van der Waals surface area contributed by atoms with Crippen molar-refractivity contribution >= 4 is 0 Å². The minimum Gasteiger partial charge on any atom is -0.474 e. The van der Waals surface area contributed by atoms with E-state index in [2.05, 4.69) is 18.8 Å². The second kappa shape index (κ2) is 5.05. The van der Waals surface area contributed by atoms with Crippen LogP contribution >= 0.6 is 0 Å². The Hall–Kier alpha value is -1.09. The van der Waals surface area contributed by atoms with Gasteiger partial charge >= 0.3 is 0 Å². The highest BCUT2D eigenvalue weighted by atomic mass is 16.5. The molecule has 0 amide bonds. The quantitative estimate of drug-likeness (QED) is 0.874. The van der Waals surface area contributed by atoms with E-state index in [9.17, 15) is 0 Å². The lowest BCUT2D eigenvalue weighted by Crippen LogP contribution is -2.29. The van der Waals surface area contributed by atoms with E-state index < -0.39 is 0 Å². The van der Waals surface area contributed by atoms with E-state index in [1.807, 2.05) is 12.1 Å². The molecule has 0 aromatic carbocycles. The predicted octanol–water partition coefficient (Wildman–Crippen LogP) is 2.89. The van der Waals surface area contributed by atoms with Gasteiger partial charge in [-0.25, -0.2) is 4.98 Å². The number of aromatic nitrogens is 1. The van der Waals surface area contributed by atoms with Crippen LogP contribution < -0.4 is 10.5 Å². The first-order valence-electron chi connectivity index (χ1n) is 6.41. The molecule has 1 aliphatic carbocycles. The second-order valence-electron chi connectivity index (χ2n) is 5.65. The lowest BCUT2D eigenvalue weighted by atomic mass is 9.76. The van der Waals surface area contributed by atoms with Gasteiger partial charge in [0.15, 0.2) is 0 Å². The summed E-state index contributed by atoms with van der Waals surface area (Å²) in [6.07, 6.45) is 6.76. The first-order valence-corrected chi connectivity index (χ1v) is 6.41. The Kier molecular flexibility index (Phi) is 3.67. The Morgan fingerprint density at radius 1 is 1.41 bits per heavy atom. The SMILES string of the molecule is CC1(C)CCC(Oc2ncccc2CN)CC1. The summed E-state index contributed by atoms with van der Waals surface area (Å²) in [7, 11) is 0. The molecule has 0 bridgehead atoms. The standard InChI is InChI=1S/C14H22N2O/c1-14(2)7-5-12(6-8-14)17-13-11(10-15)4-3-9-16-13/h3-4,9,12H,5-8,10,15H2,1-2H3. The van der Waals surface area contributed by atoms with Gasteiger partial charge in [0, 0.05) is 18.3 Å². The van der Waals surface area contributed by atoms with E-state index in [4.69, 9.17) is 10.5 Å². The van der Waals surface area contributed by atoms with Crippen LogP contribution in [0, 0.1) is 5.41 Å². The number of hydrogen-bond donors (Lipinski definition) is 1. The molecule has 3 nitrogen and oxygen atoms in total. The van der Waals surface area contributed by atoms with Crippen LogP contribution in [-0.4, -0.2) is 11.1 Å². The van der Waals surface area contributed by atoms with Crippen molar-refractivity contribution in [1.82, 2.24) is 4.98 Å². The molecule has 1 aromatic heterocycles. The van der Waals surface area contributed by atoms with Crippen molar-refractivity contribution in [2.24, 2.45) is 11.1 Å². The molecule has 1 saturated carbocycles. The summed E-state index contributed by atoms with van der Waals surface area (Å²) in [5.41, 5.74) is 7.15. The van der Waals surface area contributed by atoms with E-state index in [0.717, 1.165) is 24.3 Å². The lowest BCUT2D eigenvalue weighted by Gasteiger charge is -2.34. The second-order valence-corrected chi connectivity index (χ2v) is 5.65. The normalized spacial score (nSPS) is 20.2. The van der Waals surface area contributed by atoms with Crippen LogP contribution in [0.15, 0.2) is 18.3 Å². The third kappa shape index (κ3) is 3.19. The Labute approximate surface area is 103 Å². The Morgan fingerprint density at radius 3 is 2.76 bits per heavy atom. The molecule has 0 spiro atoms. The molecule has 3 heteroatoms. The first-order chi connectivity index (χ1) is 8.11. The van der Waals surface area contributed by atoms with Crippen LogP contribution in [-0.2, 0) is 6.54 Å². The number of hydrogen-bond acceptors (Lipinski definition) is 3. The van der Waals surface area contributed by atoms with Gasteiger partial charge < -0.3 is 10.5 Å². The number of nitrogens with zero attached hydrogens (tertiary/aromatic N) is 1. The summed E-state index contributed by atoms with van der Waals surface area (Å²) in [6.45, 7) is 5.14. The van der Waals surface area contributed by atoms with Gasteiger partial charge in [-0.3, -0.25) is 0 Å². The van der Waals surface area contributed by atoms with Crippen LogP contribution in [0.25, 0.3) is 0 Å². The summed E-state index contributed by atoms with van der Waals surface area (Å²) in [5.74, 6) is 0.722. The van der Waals surface area contributed by atoms with Crippen molar-refractivity contribution < 1.29 is 4.74 Å². The van der Waals surface area contributed by atoms with E-state index >= 15 is 0 Å². The van der Waals surface area contributed by atoms with Crippen molar-refractivity contribution in [3.05, 3.63) is 23.9 Å². The molecule has 2 rings (SSSR count). The van der Waals surface area contributed by atoms with Crippen molar-refractivity contribution in [3.63, 3.8) is 0 Å². The maximum absolute atomic E-state index is 5.98. The maximum atomic E-state index is 5.98. The average molecular weight is 234 g/mol. The van der Waals surface area contributed by atoms with Crippen LogP contribution in [0.3, 0.4) is 0 Å². The minimum atomic E-state index is 0.309. The van der Waals surface area contributed by atoms with Gasteiger partial charge in [-0.2, -0.15) is 0 Å². The predicted molar refractivity (Wildman–Crippen MR) is 68.8 cm³/mol. The molecule has 0 atom stereocenters. The molecule has 0 unspecified atom stereocenters. The highest BCUT2D eigenvalue weighted by Crippen LogP contribution is 2.36. The molecule has 0 saturated heterocycles. The molecular weight excluding hydrogens is 212 g/mol. The molecule has 2 N–H and O–H groups in total. The van der Waals surface area contributed by atoms with Crippen LogP contribution in [0.5, 0.6) is 5.88 Å². The monoisotopic (exact) mass is 234 g/mol. The van der Waals surface area contributed by atoms with Gasteiger partial charge in [-0.05, 0) is 37.2 Å². The molecule has 1 aromatic rings. The summed E-state index contributed by atoms with van der Waals surface area (Å²) in [5, 5.41) is 0. The molecule has 1 heterocycles. The van der Waals surface area contributed by atoms with Crippen LogP contribution in [0.1, 0.15) is 45.1 Å². The first kappa shape index (κ1) is 12.4. The van der Waals surface area contributed by atoms with Gasteiger partial charge in [0.1, 0.15) is 6.10 Å². The third-order valence-corrected chi connectivity index (χ3v) is 3.63. The molecule has 0 aliphatic heterocycles. The Balaban J connectivity index is 1.98. The largest absolute Gasteiger partial charge is 0.474 e. The van der Waals surface area contributed by atoms with E-state index in [-0.39, 0.29) is 0 Å². The number of pyridine rings is 1. The Bertz CT molecular complexity index is 366. The summed E-state index contributed by atoms with van der Waals surface area (Å²) in [6, 6.07) is 3.88. The molecule has 94 valence electrons. The van der Waals surface area contributed by atoms with Gasteiger partial charge in [0.25, 0.3) is 0 Å². The Morgan fingerprint density at radius 2 is 2.12 bits per heavy atom. The zero-order valence-electron chi connectivity index (χ0n) is 10.8. The number of rotatable bonds is 3. The summed E-state index contributed by atoms with van der Waals surface area (Å²) >= 11 is 0. The lowest BCUT2D eigenvalue weighted by molar-refractivity contribution is 0.0940. The smallest absolute Gasteiger partial charge is 0.218 e. The summed E-state index contributed by atoms with van der Waals surface area (Å²) in [4.78, 5) is 4.28. The van der Waals surface area contributed by atoms with Gasteiger partial charge in [-0.1, -0.05) is 19.9 Å². The van der Waals surface area contributed by atoms with Crippen molar-refractivity contribution in [3.8, 4) is 5.88 Å². The van der Waals surface area contributed by atoms with E-state index in [0.29, 0.717) is 18.1 Å². The van der Waals surface area contributed by atoms with Crippen LogP contribution in [0.2, 0.25) is 0 Å². The van der Waals surface area contributed by atoms with Gasteiger partial charge in [0.2, 0.25) is 5.88 Å². The fraction of sp³-hybridized carbons (Fsp3) is 0.643. The fourth-order valence-electron chi connectivity index (χ4n) is 2.33. The highest BCUT2D eigenvalue weighted by molar-refractivity contribution is 5.25. The van der Waals surface area contributed by atoms with Crippen LogP contribution in [0.4, 0.5) is 0 Å². The zero-order valence-corrected chi connectivity index (χ0v) is 10.8. The van der Waals surface area contributed by atoms with E-state index in [1.54, 1.807) is 6.20 Å². The molecule has 0 radical (unpaired) electrons. The van der Waals surface area contributed by atoms with E-state index in [1.165, 1.54) is 12.8 Å². The molecule has 1 fully saturated rings. The number of nitrogens with two attached hydrogens (primary N) is 1. The highest BCUT2D eigenvalue weighted by Gasteiger charge is 2.28. The van der Waals surface area contributed by atoms with Crippen molar-refractivity contribution in [2.75, 3.05) is 0 Å². The zero-order chi connectivity index (χ0) is 12.3. The maximum Gasteiger partial charge on any atom is 0.218 e. The molecular formula is C14H22N2O. The topological polar surface area (TPSA) is 48.1 Å². The third-order valence-electron chi connectivity index (χ3n) is 3.63. The van der Waals surface area contributed by atoms with Crippen molar-refractivity contribution in [1.29, 1.82) is 0 Å². The molecule has 17 heavy (non-hydrogen) atoms. The van der Waals surface area contributed by atoms with Crippen molar-refractivity contribution in [2.45, 2.75) is 52.2 Å².